The summed E-state index contributed by atoms with van der Waals surface area (Å²) in [5.41, 5.74) is 0.777. The Morgan fingerprint density at radius 1 is 0.963 bits per heavy atom. The summed E-state index contributed by atoms with van der Waals surface area (Å²) in [6.07, 6.45) is 3.16. The van der Waals surface area contributed by atoms with Crippen LogP contribution in [0.5, 0.6) is 17.2 Å². The summed E-state index contributed by atoms with van der Waals surface area (Å²) in [5.74, 6) is 1.42. The van der Waals surface area contributed by atoms with Crippen LogP contribution in [-0.2, 0) is 9.22 Å². The van der Waals surface area contributed by atoms with Gasteiger partial charge in [-0.3, -0.25) is 0 Å². The quantitative estimate of drug-likeness (QED) is 0.440. The second kappa shape index (κ2) is 8.52. The lowest BCUT2D eigenvalue weighted by molar-refractivity contribution is -0.129. The van der Waals surface area contributed by atoms with E-state index < -0.39 is 16.6 Å². The smallest absolute Gasteiger partial charge is 0.317 e. The third-order valence-corrected chi connectivity index (χ3v) is 9.61. The summed E-state index contributed by atoms with van der Waals surface area (Å²) in [6, 6.07) is 3.65. The SMILES string of the molecule is COc1cc(/C=C/C(=O)O[Si](C)(C)C(C)(C)C)cc(OC)c1O[Si](C)(C)C. The van der Waals surface area contributed by atoms with E-state index in [9.17, 15) is 4.79 Å². The van der Waals surface area contributed by atoms with E-state index in [1.807, 2.05) is 25.2 Å². The van der Waals surface area contributed by atoms with Gasteiger partial charge in [-0.1, -0.05) is 20.8 Å². The van der Waals surface area contributed by atoms with Gasteiger partial charge in [0.1, 0.15) is 0 Å². The number of benzene rings is 1. The normalized spacial score (nSPS) is 12.8. The van der Waals surface area contributed by atoms with Crippen LogP contribution in [0.15, 0.2) is 18.2 Å². The monoisotopic (exact) mass is 410 g/mol. The zero-order valence-electron chi connectivity index (χ0n) is 18.4. The summed E-state index contributed by atoms with van der Waals surface area (Å²) in [4.78, 5) is 12.3. The summed E-state index contributed by atoms with van der Waals surface area (Å²) >= 11 is 0. The van der Waals surface area contributed by atoms with E-state index in [4.69, 9.17) is 18.3 Å². The predicted molar refractivity (Wildman–Crippen MR) is 116 cm³/mol. The molecule has 0 radical (unpaired) electrons. The fourth-order valence-electron chi connectivity index (χ4n) is 2.01. The van der Waals surface area contributed by atoms with Crippen molar-refractivity contribution >= 4 is 28.7 Å². The van der Waals surface area contributed by atoms with E-state index in [1.54, 1.807) is 20.3 Å². The highest BCUT2D eigenvalue weighted by Gasteiger charge is 2.39. The molecular formula is C20H34O5Si2. The second-order valence-corrected chi connectivity index (χ2v) is 18.1. The van der Waals surface area contributed by atoms with E-state index in [2.05, 4.69) is 40.4 Å². The third kappa shape index (κ3) is 6.73. The zero-order chi connectivity index (χ0) is 21.0. The van der Waals surface area contributed by atoms with Gasteiger partial charge in [0.15, 0.2) is 17.2 Å². The molecule has 0 saturated heterocycles. The summed E-state index contributed by atoms with van der Waals surface area (Å²) in [7, 11) is -0.806. The molecular weight excluding hydrogens is 376 g/mol. The lowest BCUT2D eigenvalue weighted by Gasteiger charge is -2.34. The number of carbonyl (C=O) groups excluding carboxylic acids is 1. The third-order valence-electron chi connectivity index (χ3n) is 4.46. The molecule has 0 unspecified atom stereocenters. The zero-order valence-corrected chi connectivity index (χ0v) is 20.4. The average molecular weight is 411 g/mol. The molecule has 1 aromatic rings. The van der Waals surface area contributed by atoms with E-state index in [0.717, 1.165) is 5.56 Å². The van der Waals surface area contributed by atoms with E-state index >= 15 is 0 Å². The van der Waals surface area contributed by atoms with Crippen LogP contribution in [0.4, 0.5) is 0 Å². The fraction of sp³-hybridized carbons (Fsp3) is 0.550. The van der Waals surface area contributed by atoms with Crippen molar-refractivity contribution in [3.05, 3.63) is 23.8 Å². The van der Waals surface area contributed by atoms with Gasteiger partial charge < -0.3 is 18.3 Å². The molecule has 5 nitrogen and oxygen atoms in total. The van der Waals surface area contributed by atoms with Gasteiger partial charge in [-0.15, -0.1) is 0 Å². The number of hydrogen-bond donors (Lipinski definition) is 0. The standard InChI is InChI=1S/C20H34O5Si2/c1-20(2,3)27(9,10)24-18(21)12-11-15-13-16(22-4)19(17(14-15)23-5)25-26(6,7)8/h11-14H,1-10H3/b12-11+. The first-order valence-corrected chi connectivity index (χ1v) is 15.4. The first-order valence-electron chi connectivity index (χ1n) is 9.06. The first kappa shape index (κ1) is 23.3. The minimum Gasteiger partial charge on any atom is -0.539 e. The van der Waals surface area contributed by atoms with Gasteiger partial charge in [0.05, 0.1) is 14.2 Å². The van der Waals surface area contributed by atoms with Gasteiger partial charge in [0, 0.05) is 6.08 Å². The van der Waals surface area contributed by atoms with Crippen LogP contribution >= 0.6 is 0 Å². The molecule has 0 aromatic heterocycles. The lowest BCUT2D eigenvalue weighted by atomic mass is 10.1. The highest BCUT2D eigenvalue weighted by Crippen LogP contribution is 2.40. The lowest BCUT2D eigenvalue weighted by Crippen LogP contribution is -2.42. The van der Waals surface area contributed by atoms with Gasteiger partial charge in [-0.05, 0) is 61.5 Å². The van der Waals surface area contributed by atoms with E-state index in [-0.39, 0.29) is 11.0 Å². The van der Waals surface area contributed by atoms with Crippen molar-refractivity contribution < 1.29 is 23.1 Å². The number of carbonyl (C=O) groups is 1. The largest absolute Gasteiger partial charge is 0.539 e. The van der Waals surface area contributed by atoms with E-state index in [1.165, 1.54) is 6.08 Å². The summed E-state index contributed by atoms with van der Waals surface area (Å²) in [5, 5.41) is -0.0290. The average Bonchev–Trinajstić information content (AvgIpc) is 2.50. The van der Waals surface area contributed by atoms with Crippen molar-refractivity contribution in [2.45, 2.75) is 58.5 Å². The second-order valence-electron chi connectivity index (χ2n) is 8.98. The van der Waals surface area contributed by atoms with Gasteiger partial charge >= 0.3 is 5.97 Å². The fourth-order valence-corrected chi connectivity index (χ4v) is 3.70. The van der Waals surface area contributed by atoms with Gasteiger partial charge in [-0.25, -0.2) is 4.79 Å². The van der Waals surface area contributed by atoms with Crippen LogP contribution in [-0.4, -0.2) is 36.8 Å². The Labute approximate surface area is 165 Å². The molecule has 0 aliphatic carbocycles. The van der Waals surface area contributed by atoms with Gasteiger partial charge in [-0.2, -0.15) is 0 Å². The number of rotatable bonds is 7. The van der Waals surface area contributed by atoms with Gasteiger partial charge in [0.2, 0.25) is 8.32 Å². The molecule has 0 N–H and O–H groups in total. The van der Waals surface area contributed by atoms with Crippen LogP contribution < -0.4 is 13.9 Å². The molecule has 0 bridgehead atoms. The van der Waals surface area contributed by atoms with Crippen LogP contribution in [0.2, 0.25) is 37.8 Å². The molecule has 0 aliphatic rings. The highest BCUT2D eigenvalue weighted by molar-refractivity contribution is 6.75. The number of ether oxygens (including phenoxy) is 2. The van der Waals surface area contributed by atoms with Crippen molar-refractivity contribution in [3.8, 4) is 17.2 Å². The van der Waals surface area contributed by atoms with Crippen molar-refractivity contribution in [2.75, 3.05) is 14.2 Å². The molecule has 152 valence electrons. The molecule has 1 aromatic carbocycles. The maximum absolute atomic E-state index is 12.3. The highest BCUT2D eigenvalue weighted by atomic mass is 28.4. The summed E-state index contributed by atoms with van der Waals surface area (Å²) in [6.45, 7) is 16.7. The molecule has 7 heteroatoms. The Morgan fingerprint density at radius 2 is 1.44 bits per heavy atom. The molecule has 0 spiro atoms. The summed E-state index contributed by atoms with van der Waals surface area (Å²) < 4.78 is 22.8. The Balaban J connectivity index is 3.11. The number of methoxy groups -OCH3 is 2. The van der Waals surface area contributed by atoms with Crippen LogP contribution in [0.1, 0.15) is 26.3 Å². The Morgan fingerprint density at radius 3 is 1.81 bits per heavy atom. The maximum Gasteiger partial charge on any atom is 0.317 e. The minimum absolute atomic E-state index is 0.0290. The molecule has 1 rings (SSSR count). The minimum atomic E-state index is -2.14. The Bertz CT molecular complexity index is 672. The van der Waals surface area contributed by atoms with Crippen molar-refractivity contribution in [1.29, 1.82) is 0 Å². The molecule has 0 heterocycles. The Hall–Kier alpha value is -1.74. The molecule has 0 saturated carbocycles. The Kier molecular flexibility index (Phi) is 7.35. The van der Waals surface area contributed by atoms with Crippen molar-refractivity contribution in [1.82, 2.24) is 0 Å². The van der Waals surface area contributed by atoms with Crippen molar-refractivity contribution in [3.63, 3.8) is 0 Å². The molecule has 0 amide bonds. The van der Waals surface area contributed by atoms with Crippen LogP contribution in [0.3, 0.4) is 0 Å². The van der Waals surface area contributed by atoms with Crippen LogP contribution in [0.25, 0.3) is 6.08 Å². The molecule has 27 heavy (non-hydrogen) atoms. The van der Waals surface area contributed by atoms with E-state index in [0.29, 0.717) is 17.2 Å². The number of hydrogen-bond acceptors (Lipinski definition) is 5. The molecule has 0 fully saturated rings. The molecule has 0 aliphatic heterocycles. The molecule has 0 atom stereocenters. The first-order chi connectivity index (χ1) is 12.2. The topological polar surface area (TPSA) is 54.0 Å². The van der Waals surface area contributed by atoms with Crippen LogP contribution in [0, 0.1) is 0 Å². The van der Waals surface area contributed by atoms with Crippen molar-refractivity contribution in [2.24, 2.45) is 0 Å². The van der Waals surface area contributed by atoms with Gasteiger partial charge in [0.25, 0.3) is 8.32 Å². The predicted octanol–water partition coefficient (Wildman–Crippen LogP) is 5.48. The maximum atomic E-state index is 12.3.